The van der Waals surface area contributed by atoms with Gasteiger partial charge in [0.15, 0.2) is 0 Å². The summed E-state index contributed by atoms with van der Waals surface area (Å²) in [6.45, 7) is 8.52. The van der Waals surface area contributed by atoms with Gasteiger partial charge in [0.1, 0.15) is 0 Å². The van der Waals surface area contributed by atoms with Gasteiger partial charge in [0.05, 0.1) is 10.4 Å². The largest absolute Gasteiger partial charge is 0.392 e. The highest BCUT2D eigenvalue weighted by atomic mass is 32.1. The molecule has 0 aromatic heterocycles. The molecule has 18 heavy (non-hydrogen) atoms. The number of amides is 1. The van der Waals surface area contributed by atoms with E-state index in [2.05, 4.69) is 33.0 Å². The summed E-state index contributed by atoms with van der Waals surface area (Å²) < 4.78 is 0. The second-order valence-corrected chi connectivity index (χ2v) is 6.24. The topological polar surface area (TPSA) is 55.1 Å². The maximum Gasteiger partial charge on any atom is 0.233 e. The van der Waals surface area contributed by atoms with Crippen molar-refractivity contribution in [2.24, 2.45) is 23.0 Å². The molecule has 1 fully saturated rings. The van der Waals surface area contributed by atoms with E-state index in [1.165, 1.54) is 0 Å². The predicted molar refractivity (Wildman–Crippen MR) is 79.3 cm³/mol. The van der Waals surface area contributed by atoms with Crippen molar-refractivity contribution >= 4 is 23.1 Å². The molecule has 0 aliphatic heterocycles. The monoisotopic (exact) mass is 270 g/mol. The first kappa shape index (κ1) is 15.4. The highest BCUT2D eigenvalue weighted by Gasteiger charge is 2.51. The maximum absolute atomic E-state index is 12.4. The van der Waals surface area contributed by atoms with Crippen molar-refractivity contribution in [1.82, 2.24) is 5.32 Å². The Hall–Kier alpha value is -0.640. The molecule has 104 valence electrons. The molecule has 1 aliphatic rings. The fourth-order valence-corrected chi connectivity index (χ4v) is 3.35. The van der Waals surface area contributed by atoms with E-state index in [1.54, 1.807) is 0 Å². The van der Waals surface area contributed by atoms with Gasteiger partial charge in [0.25, 0.3) is 0 Å². The van der Waals surface area contributed by atoms with Gasteiger partial charge < -0.3 is 11.1 Å². The van der Waals surface area contributed by atoms with Crippen molar-refractivity contribution in [2.75, 3.05) is 0 Å². The Morgan fingerprint density at radius 3 is 2.28 bits per heavy atom. The first-order valence-corrected chi connectivity index (χ1v) is 7.39. The third-order valence-corrected chi connectivity index (χ3v) is 4.81. The van der Waals surface area contributed by atoms with Crippen LogP contribution in [0.25, 0.3) is 0 Å². The van der Waals surface area contributed by atoms with Crippen LogP contribution in [0.2, 0.25) is 0 Å². The van der Waals surface area contributed by atoms with Crippen molar-refractivity contribution in [1.29, 1.82) is 0 Å². The summed E-state index contributed by atoms with van der Waals surface area (Å²) in [6, 6.07) is 0.189. The van der Waals surface area contributed by atoms with E-state index >= 15 is 0 Å². The van der Waals surface area contributed by atoms with Crippen LogP contribution in [-0.2, 0) is 4.79 Å². The van der Waals surface area contributed by atoms with E-state index in [-0.39, 0.29) is 11.9 Å². The van der Waals surface area contributed by atoms with Gasteiger partial charge in [-0.15, -0.1) is 0 Å². The van der Waals surface area contributed by atoms with Gasteiger partial charge in [-0.05, 0) is 31.6 Å². The number of hydrogen-bond donors (Lipinski definition) is 2. The molecule has 1 saturated carbocycles. The number of thiocarbonyl (C=S) groups is 1. The lowest BCUT2D eigenvalue weighted by molar-refractivity contribution is -0.133. The highest BCUT2D eigenvalue weighted by molar-refractivity contribution is 7.80. The molecular weight excluding hydrogens is 244 g/mol. The van der Waals surface area contributed by atoms with Gasteiger partial charge in [-0.3, -0.25) is 4.79 Å². The van der Waals surface area contributed by atoms with Gasteiger partial charge in [-0.25, -0.2) is 0 Å². The summed E-state index contributed by atoms with van der Waals surface area (Å²) in [5.41, 5.74) is 5.21. The Bertz CT molecular complexity index is 320. The molecule has 0 spiro atoms. The number of nitrogens with one attached hydrogen (secondary N) is 1. The summed E-state index contributed by atoms with van der Waals surface area (Å²) in [5, 5.41) is 3.12. The van der Waals surface area contributed by atoms with Crippen LogP contribution in [0.15, 0.2) is 0 Å². The molecule has 4 heteroatoms. The van der Waals surface area contributed by atoms with Crippen LogP contribution >= 0.6 is 12.2 Å². The van der Waals surface area contributed by atoms with Crippen LogP contribution in [-0.4, -0.2) is 16.9 Å². The second kappa shape index (κ2) is 6.00. The summed E-state index contributed by atoms with van der Waals surface area (Å²) >= 11 is 5.10. The zero-order valence-corrected chi connectivity index (χ0v) is 12.8. The van der Waals surface area contributed by atoms with Crippen molar-refractivity contribution in [3.63, 3.8) is 0 Å². The third kappa shape index (κ3) is 2.85. The fraction of sp³-hybridized carbons (Fsp3) is 0.857. The Morgan fingerprint density at radius 2 is 1.94 bits per heavy atom. The molecule has 3 N–H and O–H groups in total. The van der Waals surface area contributed by atoms with Crippen LogP contribution < -0.4 is 11.1 Å². The molecule has 1 aliphatic carbocycles. The molecule has 1 rings (SSSR count). The number of nitrogens with two attached hydrogens (primary N) is 1. The Labute approximate surface area is 116 Å². The first-order chi connectivity index (χ1) is 8.37. The molecule has 1 atom stereocenters. The lowest BCUT2D eigenvalue weighted by atomic mass is 9.62. The summed E-state index contributed by atoms with van der Waals surface area (Å²) in [6.07, 6.45) is 3.75. The lowest BCUT2D eigenvalue weighted by Crippen LogP contribution is -2.58. The van der Waals surface area contributed by atoms with Crippen LogP contribution in [0.3, 0.4) is 0 Å². The van der Waals surface area contributed by atoms with Gasteiger partial charge in [0, 0.05) is 6.04 Å². The molecule has 0 aromatic carbocycles. The Morgan fingerprint density at radius 1 is 1.44 bits per heavy atom. The predicted octanol–water partition coefficient (Wildman–Crippen LogP) is 2.63. The summed E-state index contributed by atoms with van der Waals surface area (Å²) in [5.74, 6) is 1.10. The van der Waals surface area contributed by atoms with E-state index in [1.807, 2.05) is 0 Å². The van der Waals surface area contributed by atoms with Crippen molar-refractivity contribution < 1.29 is 4.79 Å². The fourth-order valence-electron chi connectivity index (χ4n) is 3.09. The molecular formula is C14H26N2OS. The molecule has 0 radical (unpaired) electrons. The smallest absolute Gasteiger partial charge is 0.233 e. The SMILES string of the molecule is CCC(CC)C(C)NC(=O)C1(C(N)=S)CC(C)C1. The average molecular weight is 270 g/mol. The second-order valence-electron chi connectivity index (χ2n) is 5.80. The quantitative estimate of drug-likeness (QED) is 0.730. The summed E-state index contributed by atoms with van der Waals surface area (Å²) in [4.78, 5) is 12.8. The number of carbonyl (C=O) groups excluding carboxylic acids is 1. The van der Waals surface area contributed by atoms with Crippen LogP contribution in [0.5, 0.6) is 0 Å². The highest BCUT2D eigenvalue weighted by Crippen LogP contribution is 2.46. The third-order valence-electron chi connectivity index (χ3n) is 4.41. The van der Waals surface area contributed by atoms with E-state index in [9.17, 15) is 4.79 Å². The lowest BCUT2D eigenvalue weighted by Gasteiger charge is -2.45. The van der Waals surface area contributed by atoms with Crippen molar-refractivity contribution in [2.45, 2.75) is 59.4 Å². The normalized spacial score (nSPS) is 28.6. The maximum atomic E-state index is 12.4. The number of carbonyl (C=O) groups is 1. The Kier molecular flexibility index (Phi) is 5.14. The van der Waals surface area contributed by atoms with Crippen molar-refractivity contribution in [3.8, 4) is 0 Å². The minimum absolute atomic E-state index is 0.0347. The van der Waals surface area contributed by atoms with Crippen LogP contribution in [0.1, 0.15) is 53.4 Å². The molecule has 0 saturated heterocycles. The van der Waals surface area contributed by atoms with E-state index < -0.39 is 5.41 Å². The van der Waals surface area contributed by atoms with E-state index in [0.29, 0.717) is 16.8 Å². The zero-order valence-electron chi connectivity index (χ0n) is 12.0. The zero-order chi connectivity index (χ0) is 13.9. The minimum Gasteiger partial charge on any atom is -0.392 e. The first-order valence-electron chi connectivity index (χ1n) is 6.98. The molecule has 3 nitrogen and oxygen atoms in total. The molecule has 1 amide bonds. The molecule has 0 bridgehead atoms. The van der Waals surface area contributed by atoms with Crippen LogP contribution in [0, 0.1) is 17.3 Å². The van der Waals surface area contributed by atoms with Gasteiger partial charge in [-0.2, -0.15) is 0 Å². The molecule has 1 unspecified atom stereocenters. The average Bonchev–Trinajstić information content (AvgIpc) is 2.25. The van der Waals surface area contributed by atoms with E-state index in [4.69, 9.17) is 18.0 Å². The van der Waals surface area contributed by atoms with Crippen molar-refractivity contribution in [3.05, 3.63) is 0 Å². The van der Waals surface area contributed by atoms with Gasteiger partial charge in [0.2, 0.25) is 5.91 Å². The van der Waals surface area contributed by atoms with Gasteiger partial charge >= 0.3 is 0 Å². The number of rotatable bonds is 6. The van der Waals surface area contributed by atoms with E-state index in [0.717, 1.165) is 25.7 Å². The minimum atomic E-state index is -0.574. The van der Waals surface area contributed by atoms with Crippen LogP contribution in [0.4, 0.5) is 0 Å². The molecule has 0 aromatic rings. The molecule has 0 heterocycles. The standard InChI is InChI=1S/C14H26N2OS/c1-5-11(6-2)10(4)16-13(17)14(12(15)18)7-9(3)8-14/h9-11H,5-8H2,1-4H3,(H2,15,18)(H,16,17). The summed E-state index contributed by atoms with van der Waals surface area (Å²) in [7, 11) is 0. The Balaban J connectivity index is 2.67. The number of hydrogen-bond acceptors (Lipinski definition) is 2. The van der Waals surface area contributed by atoms with Gasteiger partial charge in [-0.1, -0.05) is 45.8 Å².